The van der Waals surface area contributed by atoms with E-state index in [-0.39, 0.29) is 12.3 Å². The van der Waals surface area contributed by atoms with Crippen molar-refractivity contribution in [2.24, 2.45) is 17.4 Å². The molecule has 7 atom stereocenters. The zero-order chi connectivity index (χ0) is 37.3. The minimum Gasteiger partial charge on any atom is -0.480 e. The lowest BCUT2D eigenvalue weighted by molar-refractivity contribution is -0.143. The molecule has 0 aliphatic rings. The van der Waals surface area contributed by atoms with Crippen LogP contribution in [0.15, 0.2) is 30.3 Å². The predicted octanol–water partition coefficient (Wildman–Crippen LogP) is -4.89. The van der Waals surface area contributed by atoms with Crippen molar-refractivity contribution in [3.63, 3.8) is 0 Å². The first-order chi connectivity index (χ1) is 23.0. The number of rotatable bonds is 21. The number of amides is 7. The first-order valence-electron chi connectivity index (χ1n) is 15.3. The fourth-order valence-corrected chi connectivity index (χ4v) is 4.18. The van der Waals surface area contributed by atoms with Crippen LogP contribution in [0.3, 0.4) is 0 Å². The van der Waals surface area contributed by atoms with E-state index in [1.54, 1.807) is 44.2 Å². The van der Waals surface area contributed by atoms with Crippen LogP contribution in [0, 0.1) is 5.92 Å². The largest absolute Gasteiger partial charge is 0.480 e. The minimum absolute atomic E-state index is 0.114. The number of carbonyl (C=O) groups is 8. The second-order valence-electron chi connectivity index (χ2n) is 11.2. The number of hydrogen-bond donors (Lipinski definition) is 11. The van der Waals surface area contributed by atoms with E-state index in [1.165, 1.54) is 6.92 Å². The molecule has 7 amide bonds. The normalized spacial score (nSPS) is 15.1. The van der Waals surface area contributed by atoms with Crippen LogP contribution in [0.4, 0.5) is 0 Å². The molecule has 19 heteroatoms. The number of nitrogens with one attached hydrogen (secondary N) is 6. The molecular weight excluding hydrogens is 648 g/mol. The number of carboxylic acid groups (broad SMARTS) is 1. The minimum atomic E-state index is -1.68. The molecule has 0 radical (unpaired) electrons. The summed E-state index contributed by atoms with van der Waals surface area (Å²) in [6.45, 7) is 2.37. The van der Waals surface area contributed by atoms with Crippen LogP contribution < -0.4 is 43.4 Å². The Kier molecular flexibility index (Phi) is 17.9. The molecule has 0 heterocycles. The van der Waals surface area contributed by atoms with E-state index < -0.39 is 110 Å². The number of carboxylic acids is 1. The molecule has 13 N–H and O–H groups in total. The Hall–Kier alpha value is -5.14. The van der Waals surface area contributed by atoms with Crippen molar-refractivity contribution in [2.45, 2.75) is 76.3 Å². The molecule has 19 nitrogen and oxygen atoms in total. The van der Waals surface area contributed by atoms with E-state index >= 15 is 0 Å². The number of carbonyl (C=O) groups excluding carboxylic acids is 7. The molecule has 0 bridgehead atoms. The van der Waals surface area contributed by atoms with E-state index in [2.05, 4.69) is 31.9 Å². The van der Waals surface area contributed by atoms with Gasteiger partial charge < -0.3 is 58.7 Å². The third kappa shape index (κ3) is 14.7. The summed E-state index contributed by atoms with van der Waals surface area (Å²) in [7, 11) is 0. The maximum absolute atomic E-state index is 13.3. The van der Waals surface area contributed by atoms with E-state index in [0.717, 1.165) is 0 Å². The second kappa shape index (κ2) is 21.0. The lowest BCUT2D eigenvalue weighted by Crippen LogP contribution is -2.60. The molecule has 0 spiro atoms. The molecule has 1 rings (SSSR count). The third-order valence-electron chi connectivity index (χ3n) is 7.27. The van der Waals surface area contributed by atoms with Gasteiger partial charge in [0.1, 0.15) is 36.3 Å². The number of aliphatic hydroxyl groups is 2. The predicted molar refractivity (Wildman–Crippen MR) is 172 cm³/mol. The summed E-state index contributed by atoms with van der Waals surface area (Å²) >= 11 is 0. The van der Waals surface area contributed by atoms with Crippen LogP contribution in [0.1, 0.15) is 39.2 Å². The van der Waals surface area contributed by atoms with Gasteiger partial charge in [0.25, 0.3) is 0 Å². The smallest absolute Gasteiger partial charge is 0.326 e. The summed E-state index contributed by atoms with van der Waals surface area (Å²) < 4.78 is 0. The quantitative estimate of drug-likeness (QED) is 0.0577. The monoisotopic (exact) mass is 694 g/mol. The van der Waals surface area contributed by atoms with Gasteiger partial charge in [-0.25, -0.2) is 4.79 Å². The van der Waals surface area contributed by atoms with Crippen LogP contribution >= 0.6 is 0 Å². The average molecular weight is 695 g/mol. The van der Waals surface area contributed by atoms with Gasteiger partial charge in [0.05, 0.1) is 26.2 Å². The van der Waals surface area contributed by atoms with Crippen LogP contribution in [-0.4, -0.2) is 119 Å². The van der Waals surface area contributed by atoms with Gasteiger partial charge in [-0.3, -0.25) is 33.6 Å². The Bertz CT molecular complexity index is 1330. The van der Waals surface area contributed by atoms with Gasteiger partial charge in [0, 0.05) is 6.42 Å². The Morgan fingerprint density at radius 1 is 0.735 bits per heavy atom. The summed E-state index contributed by atoms with van der Waals surface area (Å²) in [4.78, 5) is 99.7. The van der Waals surface area contributed by atoms with Crippen LogP contribution in [-0.2, 0) is 44.8 Å². The standard InChI is InChI=1S/C30H46N8O11/c1-4-15(2)24(30(48)49)38-25(43)16(3)34-23(42)12-33-27(45)19(10-17-8-6-5-7-9-17)35-28(46)20(11-22(32)41)36-29(47)21(14-40)37-26(44)18(31)13-39/h5-9,15-16,18-21,24,39-40H,4,10-14,31H2,1-3H3,(H2,32,41)(H,33,45)(H,34,42)(H,35,46)(H,36,47)(H,37,44)(H,38,43)(H,48,49)/t15-,16-,18-,19-,20-,21-,24-/m0/s1. The Labute approximate surface area is 282 Å². The maximum Gasteiger partial charge on any atom is 0.326 e. The third-order valence-corrected chi connectivity index (χ3v) is 7.27. The second-order valence-corrected chi connectivity index (χ2v) is 11.2. The topological polar surface area (TPSA) is 321 Å². The highest BCUT2D eigenvalue weighted by Gasteiger charge is 2.32. The van der Waals surface area contributed by atoms with Gasteiger partial charge >= 0.3 is 5.97 Å². The number of benzene rings is 1. The molecule has 49 heavy (non-hydrogen) atoms. The molecule has 0 saturated carbocycles. The molecule has 0 aliphatic carbocycles. The molecule has 1 aromatic carbocycles. The summed E-state index contributed by atoms with van der Waals surface area (Å²) in [6.07, 6.45) is -0.388. The highest BCUT2D eigenvalue weighted by molar-refractivity contribution is 5.97. The average Bonchev–Trinajstić information content (AvgIpc) is 3.06. The first kappa shape index (κ1) is 41.9. The van der Waals surface area contributed by atoms with Crippen LogP contribution in [0.2, 0.25) is 0 Å². The molecule has 1 aromatic rings. The van der Waals surface area contributed by atoms with Crippen molar-refractivity contribution in [1.29, 1.82) is 0 Å². The summed E-state index contributed by atoms with van der Waals surface area (Å²) in [5.74, 6) is -8.23. The van der Waals surface area contributed by atoms with Crippen LogP contribution in [0.25, 0.3) is 0 Å². The van der Waals surface area contributed by atoms with Gasteiger partial charge in [-0.05, 0) is 18.4 Å². The van der Waals surface area contributed by atoms with Gasteiger partial charge in [-0.15, -0.1) is 0 Å². The molecule has 272 valence electrons. The first-order valence-corrected chi connectivity index (χ1v) is 15.3. The summed E-state index contributed by atoms with van der Waals surface area (Å²) in [5.41, 5.74) is 11.2. The lowest BCUT2D eigenvalue weighted by Gasteiger charge is -2.25. The van der Waals surface area contributed by atoms with Crippen molar-refractivity contribution < 1.29 is 53.7 Å². The van der Waals surface area contributed by atoms with Crippen molar-refractivity contribution >= 4 is 47.3 Å². The summed E-state index contributed by atoms with van der Waals surface area (Å²) in [5, 5.41) is 41.8. The van der Waals surface area contributed by atoms with Gasteiger partial charge in [0.15, 0.2) is 0 Å². The molecule has 0 saturated heterocycles. The number of primary amides is 1. The van der Waals surface area contributed by atoms with Crippen molar-refractivity contribution in [3.8, 4) is 0 Å². The highest BCUT2D eigenvalue weighted by atomic mass is 16.4. The van der Waals surface area contributed by atoms with Gasteiger partial charge in [-0.2, -0.15) is 0 Å². The van der Waals surface area contributed by atoms with E-state index in [1.807, 2.05) is 0 Å². The lowest BCUT2D eigenvalue weighted by atomic mass is 9.99. The Morgan fingerprint density at radius 2 is 1.31 bits per heavy atom. The molecule has 0 unspecified atom stereocenters. The van der Waals surface area contributed by atoms with Crippen molar-refractivity contribution in [2.75, 3.05) is 19.8 Å². The maximum atomic E-state index is 13.3. The number of aliphatic hydroxyl groups excluding tert-OH is 2. The zero-order valence-electron chi connectivity index (χ0n) is 27.4. The van der Waals surface area contributed by atoms with Gasteiger partial charge in [-0.1, -0.05) is 50.6 Å². The SMILES string of the molecule is CC[C@H](C)[C@H](NC(=O)[C@H](C)NC(=O)CNC(=O)[C@H](Cc1ccccc1)NC(=O)[C@H](CC(N)=O)NC(=O)[C@H](CO)NC(=O)[C@@H](N)CO)C(=O)O. The van der Waals surface area contributed by atoms with Crippen molar-refractivity contribution in [3.05, 3.63) is 35.9 Å². The molecule has 0 fully saturated rings. The summed E-state index contributed by atoms with van der Waals surface area (Å²) in [6, 6.07) is -0.0959. The van der Waals surface area contributed by atoms with E-state index in [0.29, 0.717) is 12.0 Å². The fraction of sp³-hybridized carbons (Fsp3) is 0.533. The Balaban J connectivity index is 3.04. The van der Waals surface area contributed by atoms with E-state index in [4.69, 9.17) is 16.6 Å². The molecule has 0 aliphatic heterocycles. The van der Waals surface area contributed by atoms with Crippen molar-refractivity contribution in [1.82, 2.24) is 31.9 Å². The van der Waals surface area contributed by atoms with Gasteiger partial charge in [0.2, 0.25) is 41.4 Å². The van der Waals surface area contributed by atoms with E-state index in [9.17, 15) is 48.6 Å². The number of nitrogens with two attached hydrogens (primary N) is 2. The number of hydrogen-bond acceptors (Lipinski definition) is 11. The zero-order valence-corrected chi connectivity index (χ0v) is 27.4. The highest BCUT2D eigenvalue weighted by Crippen LogP contribution is 2.08. The fourth-order valence-electron chi connectivity index (χ4n) is 4.18. The Morgan fingerprint density at radius 3 is 1.84 bits per heavy atom. The number of aliphatic carboxylic acids is 1. The van der Waals surface area contributed by atoms with Crippen LogP contribution in [0.5, 0.6) is 0 Å². The molecule has 0 aromatic heterocycles. The molecular formula is C30H46N8O11.